The highest BCUT2D eigenvalue weighted by molar-refractivity contribution is 7.87. The lowest BCUT2D eigenvalue weighted by molar-refractivity contribution is 0.428. The Bertz CT molecular complexity index is 510. The molecule has 0 aliphatic carbocycles. The van der Waals surface area contributed by atoms with Gasteiger partial charge in [0.05, 0.1) is 0 Å². The van der Waals surface area contributed by atoms with E-state index < -0.39 is 10.2 Å². The molecule has 6 heteroatoms. The molecule has 1 atom stereocenters. The fourth-order valence-corrected chi connectivity index (χ4v) is 3.97. The van der Waals surface area contributed by atoms with E-state index >= 15 is 0 Å². The van der Waals surface area contributed by atoms with Gasteiger partial charge in [-0.1, -0.05) is 19.9 Å². The predicted octanol–water partition coefficient (Wildman–Crippen LogP) is 2.10. The standard InChI is InChI=1S/C14H23N3O2S/c1-12(2)10-14(13-6-5-7-15-11-13)16-20(18,19)17-8-3-4-9-17/h5-7,11-12,14,16H,3-4,8-10H2,1-2H3. The van der Waals surface area contributed by atoms with Crippen molar-refractivity contribution in [3.8, 4) is 0 Å². The molecule has 0 radical (unpaired) electrons. The van der Waals surface area contributed by atoms with Crippen LogP contribution in [0.3, 0.4) is 0 Å². The second kappa shape index (κ2) is 6.65. The summed E-state index contributed by atoms with van der Waals surface area (Å²) in [5.74, 6) is 0.404. The van der Waals surface area contributed by atoms with Gasteiger partial charge in [-0.05, 0) is 36.8 Å². The fourth-order valence-electron chi connectivity index (χ4n) is 2.49. The van der Waals surface area contributed by atoms with Crippen molar-refractivity contribution >= 4 is 10.2 Å². The lowest BCUT2D eigenvalue weighted by atomic mass is 9.99. The van der Waals surface area contributed by atoms with E-state index in [1.165, 1.54) is 4.31 Å². The molecule has 0 aromatic carbocycles. The minimum Gasteiger partial charge on any atom is -0.264 e. The molecule has 20 heavy (non-hydrogen) atoms. The zero-order chi connectivity index (χ0) is 14.6. The largest absolute Gasteiger partial charge is 0.280 e. The van der Waals surface area contributed by atoms with E-state index in [1.54, 1.807) is 12.4 Å². The average Bonchev–Trinajstić information content (AvgIpc) is 2.93. The van der Waals surface area contributed by atoms with Gasteiger partial charge in [-0.2, -0.15) is 17.4 Å². The van der Waals surface area contributed by atoms with Crippen LogP contribution in [-0.2, 0) is 10.2 Å². The monoisotopic (exact) mass is 297 g/mol. The van der Waals surface area contributed by atoms with Crippen molar-refractivity contribution < 1.29 is 8.42 Å². The first kappa shape index (κ1) is 15.4. The summed E-state index contributed by atoms with van der Waals surface area (Å²) < 4.78 is 29.2. The molecule has 0 bridgehead atoms. The van der Waals surface area contributed by atoms with E-state index in [4.69, 9.17) is 0 Å². The zero-order valence-electron chi connectivity index (χ0n) is 12.1. The molecule has 0 amide bonds. The van der Waals surface area contributed by atoms with Crippen molar-refractivity contribution in [2.75, 3.05) is 13.1 Å². The SMILES string of the molecule is CC(C)CC(NS(=O)(=O)N1CCCC1)c1cccnc1. The third-order valence-corrected chi connectivity index (χ3v) is 5.12. The Morgan fingerprint density at radius 1 is 1.35 bits per heavy atom. The lowest BCUT2D eigenvalue weighted by Crippen LogP contribution is -2.41. The van der Waals surface area contributed by atoms with Gasteiger partial charge in [0.15, 0.2) is 0 Å². The maximum absolute atomic E-state index is 12.4. The second-order valence-electron chi connectivity index (χ2n) is 5.70. The Labute approximate surface area is 121 Å². The van der Waals surface area contributed by atoms with Crippen molar-refractivity contribution in [3.05, 3.63) is 30.1 Å². The minimum absolute atomic E-state index is 0.214. The van der Waals surface area contributed by atoms with Gasteiger partial charge in [0.1, 0.15) is 0 Å². The Morgan fingerprint density at radius 3 is 2.60 bits per heavy atom. The van der Waals surface area contributed by atoms with Crippen molar-refractivity contribution in [1.29, 1.82) is 0 Å². The van der Waals surface area contributed by atoms with Crippen molar-refractivity contribution in [2.24, 2.45) is 5.92 Å². The summed E-state index contributed by atoms with van der Waals surface area (Å²) in [6.45, 7) is 5.43. The fraction of sp³-hybridized carbons (Fsp3) is 0.643. The number of nitrogens with one attached hydrogen (secondary N) is 1. The van der Waals surface area contributed by atoms with E-state index in [9.17, 15) is 8.42 Å². The van der Waals surface area contributed by atoms with Gasteiger partial charge in [-0.3, -0.25) is 4.98 Å². The Hall–Kier alpha value is -0.980. The molecule has 5 nitrogen and oxygen atoms in total. The van der Waals surface area contributed by atoms with Crippen LogP contribution in [0.2, 0.25) is 0 Å². The third-order valence-electron chi connectivity index (χ3n) is 3.49. The van der Waals surface area contributed by atoms with Crippen LogP contribution in [0.1, 0.15) is 44.7 Å². The quantitative estimate of drug-likeness (QED) is 0.874. The molecule has 1 aliphatic rings. The summed E-state index contributed by atoms with van der Waals surface area (Å²) in [5.41, 5.74) is 0.920. The summed E-state index contributed by atoms with van der Waals surface area (Å²) in [5, 5.41) is 0. The van der Waals surface area contributed by atoms with Gasteiger partial charge in [-0.15, -0.1) is 0 Å². The van der Waals surface area contributed by atoms with Gasteiger partial charge in [0.25, 0.3) is 10.2 Å². The number of hydrogen-bond donors (Lipinski definition) is 1. The Morgan fingerprint density at radius 2 is 2.05 bits per heavy atom. The highest BCUT2D eigenvalue weighted by Crippen LogP contribution is 2.23. The van der Waals surface area contributed by atoms with Gasteiger partial charge in [-0.25, -0.2) is 0 Å². The van der Waals surface area contributed by atoms with Crippen LogP contribution in [0.15, 0.2) is 24.5 Å². The number of aromatic nitrogens is 1. The number of pyridine rings is 1. The maximum atomic E-state index is 12.4. The van der Waals surface area contributed by atoms with E-state index in [1.807, 2.05) is 12.1 Å². The highest BCUT2D eigenvalue weighted by atomic mass is 32.2. The molecular weight excluding hydrogens is 274 g/mol. The van der Waals surface area contributed by atoms with Gasteiger partial charge < -0.3 is 0 Å². The molecular formula is C14H23N3O2S. The van der Waals surface area contributed by atoms with Crippen molar-refractivity contribution in [3.63, 3.8) is 0 Å². The van der Waals surface area contributed by atoms with Gasteiger partial charge >= 0.3 is 0 Å². The van der Waals surface area contributed by atoms with E-state index in [2.05, 4.69) is 23.6 Å². The molecule has 0 saturated carbocycles. The van der Waals surface area contributed by atoms with Crippen LogP contribution >= 0.6 is 0 Å². The number of hydrogen-bond acceptors (Lipinski definition) is 3. The lowest BCUT2D eigenvalue weighted by Gasteiger charge is -2.24. The maximum Gasteiger partial charge on any atom is 0.280 e. The zero-order valence-corrected chi connectivity index (χ0v) is 12.9. The number of nitrogens with zero attached hydrogens (tertiary/aromatic N) is 2. The molecule has 1 saturated heterocycles. The van der Waals surface area contributed by atoms with E-state index in [0.29, 0.717) is 19.0 Å². The first-order valence-corrected chi connectivity index (χ1v) is 8.60. The van der Waals surface area contributed by atoms with Crippen molar-refractivity contribution in [1.82, 2.24) is 14.0 Å². The minimum atomic E-state index is -3.40. The topological polar surface area (TPSA) is 62.3 Å². The summed E-state index contributed by atoms with van der Waals surface area (Å²) in [7, 11) is -3.40. The number of rotatable bonds is 6. The molecule has 2 heterocycles. The van der Waals surface area contributed by atoms with Crippen LogP contribution in [0.5, 0.6) is 0 Å². The van der Waals surface area contributed by atoms with Crippen LogP contribution in [0, 0.1) is 5.92 Å². The molecule has 0 spiro atoms. The Balaban J connectivity index is 2.15. The summed E-state index contributed by atoms with van der Waals surface area (Å²) >= 11 is 0. The Kier molecular flexibility index (Phi) is 5.12. The molecule has 2 rings (SSSR count). The highest BCUT2D eigenvalue weighted by Gasteiger charge is 2.28. The summed E-state index contributed by atoms with van der Waals surface area (Å²) in [4.78, 5) is 4.09. The molecule has 1 N–H and O–H groups in total. The molecule has 1 aromatic rings. The first-order chi connectivity index (χ1) is 9.49. The second-order valence-corrected chi connectivity index (χ2v) is 7.40. The van der Waals surface area contributed by atoms with Crippen LogP contribution < -0.4 is 4.72 Å². The molecule has 112 valence electrons. The smallest absolute Gasteiger partial charge is 0.264 e. The van der Waals surface area contributed by atoms with E-state index in [0.717, 1.165) is 24.8 Å². The predicted molar refractivity (Wildman–Crippen MR) is 79.3 cm³/mol. The van der Waals surface area contributed by atoms with E-state index in [-0.39, 0.29) is 6.04 Å². The van der Waals surface area contributed by atoms with Gasteiger partial charge in [0.2, 0.25) is 0 Å². The summed E-state index contributed by atoms with van der Waals surface area (Å²) in [6.07, 6.45) is 6.09. The summed E-state index contributed by atoms with van der Waals surface area (Å²) in [6, 6.07) is 3.55. The molecule has 1 aliphatic heterocycles. The third kappa shape index (κ3) is 4.01. The molecule has 1 fully saturated rings. The van der Waals surface area contributed by atoms with Crippen LogP contribution in [0.25, 0.3) is 0 Å². The molecule has 1 unspecified atom stereocenters. The normalized spacial score (nSPS) is 18.6. The van der Waals surface area contributed by atoms with Gasteiger partial charge in [0, 0.05) is 31.5 Å². The van der Waals surface area contributed by atoms with Crippen LogP contribution in [-0.4, -0.2) is 30.8 Å². The van der Waals surface area contributed by atoms with Crippen LogP contribution in [0.4, 0.5) is 0 Å². The first-order valence-electron chi connectivity index (χ1n) is 7.16. The van der Waals surface area contributed by atoms with Crippen molar-refractivity contribution in [2.45, 2.75) is 39.2 Å². The molecule has 1 aromatic heterocycles. The average molecular weight is 297 g/mol.